The molecule has 24 heavy (non-hydrogen) atoms. The fourth-order valence-electron chi connectivity index (χ4n) is 2.44. The Balaban J connectivity index is 1.56. The van der Waals surface area contributed by atoms with Crippen LogP contribution in [0.3, 0.4) is 0 Å². The van der Waals surface area contributed by atoms with Crippen LogP contribution in [-0.2, 0) is 17.8 Å². The lowest BCUT2D eigenvalue weighted by Gasteiger charge is -2.07. The van der Waals surface area contributed by atoms with Gasteiger partial charge in [-0.3, -0.25) is 4.79 Å². The number of hydrogen-bond donors (Lipinski definition) is 1. The topological polar surface area (TPSA) is 55.1 Å². The van der Waals surface area contributed by atoms with Crippen LogP contribution in [0.25, 0.3) is 11.3 Å². The van der Waals surface area contributed by atoms with Crippen molar-refractivity contribution in [1.82, 2.24) is 10.5 Å². The first kappa shape index (κ1) is 16.3. The molecule has 0 saturated heterocycles. The van der Waals surface area contributed by atoms with Gasteiger partial charge < -0.3 is 9.84 Å². The SMILES string of the molecule is O=C(CCc1conc1-c1ccccc1)NCc1ccccc1Cl. The first-order valence-corrected chi connectivity index (χ1v) is 8.10. The zero-order valence-electron chi connectivity index (χ0n) is 13.0. The van der Waals surface area contributed by atoms with Gasteiger partial charge in [0.2, 0.25) is 5.91 Å². The Bertz CT molecular complexity index is 815. The molecule has 3 rings (SSSR count). The maximum absolute atomic E-state index is 12.1. The van der Waals surface area contributed by atoms with Gasteiger partial charge in [0.05, 0.1) is 0 Å². The molecule has 5 heteroatoms. The molecule has 0 fully saturated rings. The van der Waals surface area contributed by atoms with E-state index in [0.29, 0.717) is 24.4 Å². The maximum Gasteiger partial charge on any atom is 0.220 e. The standard InChI is InChI=1S/C19H17ClN2O2/c20-17-9-5-4-8-15(17)12-21-18(23)11-10-16-13-24-22-19(16)14-6-2-1-3-7-14/h1-9,13H,10-12H2,(H,21,23). The van der Waals surface area contributed by atoms with Crippen molar-refractivity contribution in [2.75, 3.05) is 0 Å². The second-order valence-corrected chi connectivity index (χ2v) is 5.83. The fraction of sp³-hybridized carbons (Fsp3) is 0.158. The minimum Gasteiger partial charge on any atom is -0.364 e. The van der Waals surface area contributed by atoms with E-state index in [0.717, 1.165) is 22.4 Å². The number of benzene rings is 2. The first-order valence-electron chi connectivity index (χ1n) is 7.73. The van der Waals surface area contributed by atoms with Crippen LogP contribution >= 0.6 is 11.6 Å². The van der Waals surface area contributed by atoms with Crippen LogP contribution in [-0.4, -0.2) is 11.1 Å². The van der Waals surface area contributed by atoms with Gasteiger partial charge in [0.25, 0.3) is 0 Å². The molecule has 0 aliphatic carbocycles. The van der Waals surface area contributed by atoms with Crippen LogP contribution in [0.15, 0.2) is 65.4 Å². The molecule has 0 aliphatic heterocycles. The van der Waals surface area contributed by atoms with Gasteiger partial charge in [-0.25, -0.2) is 0 Å². The smallest absolute Gasteiger partial charge is 0.220 e. The number of aryl methyl sites for hydroxylation is 1. The largest absolute Gasteiger partial charge is 0.364 e. The van der Waals surface area contributed by atoms with E-state index in [4.69, 9.17) is 16.1 Å². The number of halogens is 1. The number of aromatic nitrogens is 1. The van der Waals surface area contributed by atoms with Gasteiger partial charge in [0.1, 0.15) is 12.0 Å². The molecule has 4 nitrogen and oxygen atoms in total. The molecule has 122 valence electrons. The zero-order chi connectivity index (χ0) is 16.8. The lowest BCUT2D eigenvalue weighted by atomic mass is 10.0. The molecule has 0 saturated carbocycles. The predicted molar refractivity (Wildman–Crippen MR) is 93.6 cm³/mol. The van der Waals surface area contributed by atoms with Crippen molar-refractivity contribution in [2.24, 2.45) is 0 Å². The normalized spacial score (nSPS) is 10.5. The highest BCUT2D eigenvalue weighted by molar-refractivity contribution is 6.31. The Morgan fingerprint density at radius 3 is 2.58 bits per heavy atom. The van der Waals surface area contributed by atoms with Crippen molar-refractivity contribution in [3.63, 3.8) is 0 Å². The summed E-state index contributed by atoms with van der Waals surface area (Å²) in [5.41, 5.74) is 3.60. The summed E-state index contributed by atoms with van der Waals surface area (Å²) in [5.74, 6) is -0.0323. The average molecular weight is 341 g/mol. The van der Waals surface area contributed by atoms with Gasteiger partial charge in [-0.05, 0) is 18.1 Å². The van der Waals surface area contributed by atoms with Gasteiger partial charge in [0.15, 0.2) is 0 Å². The molecule has 1 aromatic heterocycles. The Labute approximate surface area is 145 Å². The third kappa shape index (κ3) is 4.03. The Morgan fingerprint density at radius 2 is 1.79 bits per heavy atom. The van der Waals surface area contributed by atoms with E-state index < -0.39 is 0 Å². The number of rotatable bonds is 6. The van der Waals surface area contributed by atoms with Crippen LogP contribution in [0.1, 0.15) is 17.5 Å². The molecule has 0 atom stereocenters. The summed E-state index contributed by atoms with van der Waals surface area (Å²) in [5, 5.41) is 7.59. The quantitative estimate of drug-likeness (QED) is 0.730. The summed E-state index contributed by atoms with van der Waals surface area (Å²) < 4.78 is 5.08. The highest BCUT2D eigenvalue weighted by Gasteiger charge is 2.12. The number of amides is 1. The van der Waals surface area contributed by atoms with E-state index in [1.54, 1.807) is 6.26 Å². The van der Waals surface area contributed by atoms with Crippen molar-refractivity contribution in [1.29, 1.82) is 0 Å². The molecule has 0 bridgehead atoms. The number of nitrogens with one attached hydrogen (secondary N) is 1. The molecule has 2 aromatic carbocycles. The van der Waals surface area contributed by atoms with Crippen molar-refractivity contribution in [3.05, 3.63) is 77.0 Å². The van der Waals surface area contributed by atoms with Gasteiger partial charge in [-0.2, -0.15) is 0 Å². The predicted octanol–water partition coefficient (Wildman–Crippen LogP) is 4.24. The van der Waals surface area contributed by atoms with Crippen LogP contribution in [0.5, 0.6) is 0 Å². The van der Waals surface area contributed by atoms with Crippen LogP contribution in [0.2, 0.25) is 5.02 Å². The zero-order valence-corrected chi connectivity index (χ0v) is 13.8. The van der Waals surface area contributed by atoms with Crippen molar-refractivity contribution in [2.45, 2.75) is 19.4 Å². The molecule has 0 radical (unpaired) electrons. The van der Waals surface area contributed by atoms with Crippen LogP contribution in [0.4, 0.5) is 0 Å². The summed E-state index contributed by atoms with van der Waals surface area (Å²) in [6.07, 6.45) is 2.54. The molecule has 0 spiro atoms. The third-order valence-corrected chi connectivity index (χ3v) is 4.11. The monoisotopic (exact) mass is 340 g/mol. The number of hydrogen-bond acceptors (Lipinski definition) is 3. The van der Waals surface area contributed by atoms with Gasteiger partial charge in [-0.1, -0.05) is 65.3 Å². The van der Waals surface area contributed by atoms with E-state index in [9.17, 15) is 4.79 Å². The molecule has 1 N–H and O–H groups in total. The van der Waals surface area contributed by atoms with Crippen LogP contribution < -0.4 is 5.32 Å². The maximum atomic E-state index is 12.1. The molecule has 0 unspecified atom stereocenters. The summed E-state index contributed by atoms with van der Waals surface area (Å²) in [4.78, 5) is 12.1. The summed E-state index contributed by atoms with van der Waals surface area (Å²) in [6.45, 7) is 0.424. The van der Waals surface area contributed by atoms with Crippen LogP contribution in [0, 0.1) is 0 Å². The average Bonchev–Trinajstić information content (AvgIpc) is 3.08. The van der Waals surface area contributed by atoms with Crippen molar-refractivity contribution >= 4 is 17.5 Å². The Kier molecular flexibility index (Phi) is 5.29. The van der Waals surface area contributed by atoms with E-state index >= 15 is 0 Å². The first-order chi connectivity index (χ1) is 11.7. The van der Waals surface area contributed by atoms with E-state index in [1.807, 2.05) is 54.6 Å². The number of nitrogens with zero attached hydrogens (tertiary/aromatic N) is 1. The summed E-state index contributed by atoms with van der Waals surface area (Å²) in [6, 6.07) is 17.3. The highest BCUT2D eigenvalue weighted by atomic mass is 35.5. The van der Waals surface area contributed by atoms with Gasteiger partial charge in [0, 0.05) is 29.1 Å². The van der Waals surface area contributed by atoms with Gasteiger partial charge >= 0.3 is 0 Å². The Hall–Kier alpha value is -2.59. The molecular formula is C19H17ClN2O2. The fourth-order valence-corrected chi connectivity index (χ4v) is 2.64. The van der Waals surface area contributed by atoms with Gasteiger partial charge in [-0.15, -0.1) is 0 Å². The Morgan fingerprint density at radius 1 is 1.04 bits per heavy atom. The molecule has 3 aromatic rings. The molecule has 1 heterocycles. The number of carbonyl (C=O) groups excluding carboxylic acids is 1. The molecular weight excluding hydrogens is 324 g/mol. The molecule has 0 aliphatic rings. The van der Waals surface area contributed by atoms with E-state index in [1.165, 1.54) is 0 Å². The minimum atomic E-state index is -0.0323. The second-order valence-electron chi connectivity index (χ2n) is 5.42. The third-order valence-electron chi connectivity index (χ3n) is 3.75. The summed E-state index contributed by atoms with van der Waals surface area (Å²) in [7, 11) is 0. The van der Waals surface area contributed by atoms with E-state index in [2.05, 4.69) is 10.5 Å². The van der Waals surface area contributed by atoms with Crippen molar-refractivity contribution < 1.29 is 9.32 Å². The lowest BCUT2D eigenvalue weighted by molar-refractivity contribution is -0.121. The lowest BCUT2D eigenvalue weighted by Crippen LogP contribution is -2.23. The second kappa shape index (κ2) is 7.79. The summed E-state index contributed by atoms with van der Waals surface area (Å²) >= 11 is 6.08. The van der Waals surface area contributed by atoms with Crippen molar-refractivity contribution in [3.8, 4) is 11.3 Å². The minimum absolute atomic E-state index is 0.0323. The number of carbonyl (C=O) groups is 1. The van der Waals surface area contributed by atoms with E-state index in [-0.39, 0.29) is 5.91 Å². The molecule has 1 amide bonds. The highest BCUT2D eigenvalue weighted by Crippen LogP contribution is 2.22.